The van der Waals surface area contributed by atoms with Crippen LogP contribution in [0.1, 0.15) is 20.8 Å². The molecule has 0 aliphatic heterocycles. The molecule has 0 radical (unpaired) electrons. The van der Waals surface area contributed by atoms with Crippen molar-refractivity contribution in [1.29, 1.82) is 0 Å². The van der Waals surface area contributed by atoms with E-state index in [9.17, 15) is 0 Å². The van der Waals surface area contributed by atoms with Crippen molar-refractivity contribution >= 4 is 19.1 Å². The molecule has 0 fully saturated rings. The average Bonchev–Trinajstić information content (AvgIpc) is 2.45. The van der Waals surface area contributed by atoms with Crippen molar-refractivity contribution in [3.8, 4) is 5.75 Å². The lowest BCUT2D eigenvalue weighted by molar-refractivity contribution is 0.533. The predicted octanol–water partition coefficient (Wildman–Crippen LogP) is 5.22. The zero-order valence-corrected chi connectivity index (χ0v) is 12.6. The fourth-order valence-electron chi connectivity index (χ4n) is 2.45. The van der Waals surface area contributed by atoms with Gasteiger partial charge >= 0.3 is 0 Å². The summed E-state index contributed by atoms with van der Waals surface area (Å²) in [7, 11) is -1.55. The summed E-state index contributed by atoms with van der Waals surface area (Å²) >= 11 is 0. The summed E-state index contributed by atoms with van der Waals surface area (Å²) in [5, 5.41) is 2.54. The standard InChI is InChI=1S/C16H22OSi/c1-4-18(5-2,6-3)17-16-12-11-14-9-7-8-10-15(14)13-16/h7-13H,4-6H2,1-3H3. The van der Waals surface area contributed by atoms with Crippen molar-refractivity contribution in [3.63, 3.8) is 0 Å². The second-order valence-corrected chi connectivity index (χ2v) is 9.55. The van der Waals surface area contributed by atoms with E-state index in [1.54, 1.807) is 0 Å². The zero-order chi connectivity index (χ0) is 13.0. The summed E-state index contributed by atoms with van der Waals surface area (Å²) in [5.74, 6) is 1.05. The smallest absolute Gasteiger partial charge is 0.250 e. The highest BCUT2D eigenvalue weighted by Crippen LogP contribution is 2.27. The fraction of sp³-hybridized carbons (Fsp3) is 0.375. The molecule has 0 aliphatic carbocycles. The lowest BCUT2D eigenvalue weighted by Crippen LogP contribution is -2.39. The Kier molecular flexibility index (Phi) is 4.07. The van der Waals surface area contributed by atoms with Gasteiger partial charge in [0.1, 0.15) is 5.75 Å². The molecular formula is C16H22OSi. The van der Waals surface area contributed by atoms with E-state index in [4.69, 9.17) is 4.43 Å². The monoisotopic (exact) mass is 258 g/mol. The van der Waals surface area contributed by atoms with Gasteiger partial charge in [-0.1, -0.05) is 51.1 Å². The third kappa shape index (κ3) is 2.59. The van der Waals surface area contributed by atoms with Crippen LogP contribution in [-0.2, 0) is 0 Å². The molecule has 0 N–H and O–H groups in total. The van der Waals surface area contributed by atoms with Gasteiger partial charge in [-0.2, -0.15) is 0 Å². The van der Waals surface area contributed by atoms with Gasteiger partial charge in [-0.15, -0.1) is 0 Å². The molecular weight excluding hydrogens is 236 g/mol. The van der Waals surface area contributed by atoms with Gasteiger partial charge in [0.2, 0.25) is 8.32 Å². The quantitative estimate of drug-likeness (QED) is 0.668. The number of benzene rings is 2. The van der Waals surface area contributed by atoms with E-state index in [1.165, 1.54) is 28.9 Å². The van der Waals surface area contributed by atoms with Crippen LogP contribution in [0.5, 0.6) is 5.75 Å². The molecule has 2 aromatic rings. The maximum absolute atomic E-state index is 6.40. The zero-order valence-electron chi connectivity index (χ0n) is 11.6. The van der Waals surface area contributed by atoms with Gasteiger partial charge in [-0.05, 0) is 41.0 Å². The largest absolute Gasteiger partial charge is 0.543 e. The Hall–Kier alpha value is -1.28. The number of hydrogen-bond donors (Lipinski definition) is 0. The summed E-state index contributed by atoms with van der Waals surface area (Å²) in [5.41, 5.74) is 0. The van der Waals surface area contributed by atoms with Gasteiger partial charge in [-0.25, -0.2) is 0 Å². The topological polar surface area (TPSA) is 9.23 Å². The Bertz CT molecular complexity index is 509. The molecule has 96 valence electrons. The van der Waals surface area contributed by atoms with Gasteiger partial charge in [0.05, 0.1) is 0 Å². The van der Waals surface area contributed by atoms with Gasteiger partial charge in [-0.3, -0.25) is 0 Å². The van der Waals surface area contributed by atoms with Crippen molar-refractivity contribution < 1.29 is 4.43 Å². The Labute approximate surface area is 111 Å². The summed E-state index contributed by atoms with van der Waals surface area (Å²) in [6.45, 7) is 6.79. The van der Waals surface area contributed by atoms with Crippen LogP contribution in [0.25, 0.3) is 10.8 Å². The van der Waals surface area contributed by atoms with E-state index < -0.39 is 8.32 Å². The Morgan fingerprint density at radius 2 is 1.44 bits per heavy atom. The molecule has 0 aliphatic rings. The van der Waals surface area contributed by atoms with Crippen LogP contribution in [-0.4, -0.2) is 8.32 Å². The molecule has 2 heteroatoms. The van der Waals surface area contributed by atoms with Crippen molar-refractivity contribution in [1.82, 2.24) is 0 Å². The van der Waals surface area contributed by atoms with Gasteiger partial charge in [0.25, 0.3) is 0 Å². The molecule has 18 heavy (non-hydrogen) atoms. The summed E-state index contributed by atoms with van der Waals surface area (Å²) < 4.78 is 6.40. The van der Waals surface area contributed by atoms with Crippen molar-refractivity contribution in [2.45, 2.75) is 38.9 Å². The van der Waals surface area contributed by atoms with Crippen LogP contribution in [0, 0.1) is 0 Å². The number of hydrogen-bond acceptors (Lipinski definition) is 1. The first-order valence-electron chi connectivity index (χ1n) is 6.91. The van der Waals surface area contributed by atoms with Crippen molar-refractivity contribution in [2.24, 2.45) is 0 Å². The molecule has 0 bridgehead atoms. The second-order valence-electron chi connectivity index (χ2n) is 4.85. The van der Waals surface area contributed by atoms with Gasteiger partial charge in [0, 0.05) is 0 Å². The maximum Gasteiger partial charge on any atom is 0.250 e. The van der Waals surface area contributed by atoms with E-state index in [-0.39, 0.29) is 0 Å². The molecule has 0 amide bonds. The Morgan fingerprint density at radius 1 is 0.833 bits per heavy atom. The van der Waals surface area contributed by atoms with Crippen LogP contribution < -0.4 is 4.43 Å². The van der Waals surface area contributed by atoms with Crippen LogP contribution in [0.15, 0.2) is 42.5 Å². The molecule has 1 nitrogen and oxygen atoms in total. The summed E-state index contributed by atoms with van der Waals surface area (Å²) in [4.78, 5) is 0. The third-order valence-electron chi connectivity index (χ3n) is 3.99. The lowest BCUT2D eigenvalue weighted by Gasteiger charge is -2.29. The summed E-state index contributed by atoms with van der Waals surface area (Å²) in [6.07, 6.45) is 0. The molecule has 0 saturated heterocycles. The molecule has 0 spiro atoms. The normalized spacial score (nSPS) is 11.7. The van der Waals surface area contributed by atoms with E-state index in [2.05, 4.69) is 63.2 Å². The van der Waals surface area contributed by atoms with Crippen LogP contribution in [0.3, 0.4) is 0 Å². The van der Waals surface area contributed by atoms with Gasteiger partial charge < -0.3 is 4.43 Å². The highest BCUT2D eigenvalue weighted by Gasteiger charge is 2.30. The Morgan fingerprint density at radius 3 is 2.06 bits per heavy atom. The van der Waals surface area contributed by atoms with Crippen LogP contribution in [0.4, 0.5) is 0 Å². The van der Waals surface area contributed by atoms with E-state index >= 15 is 0 Å². The van der Waals surface area contributed by atoms with Crippen molar-refractivity contribution in [3.05, 3.63) is 42.5 Å². The summed E-state index contributed by atoms with van der Waals surface area (Å²) in [6, 6.07) is 18.5. The predicted molar refractivity (Wildman–Crippen MR) is 81.8 cm³/mol. The van der Waals surface area contributed by atoms with Crippen LogP contribution >= 0.6 is 0 Å². The molecule has 0 atom stereocenters. The highest BCUT2D eigenvalue weighted by molar-refractivity contribution is 6.74. The molecule has 0 heterocycles. The van der Waals surface area contributed by atoms with E-state index in [0.29, 0.717) is 0 Å². The molecule has 0 unspecified atom stereocenters. The second kappa shape index (κ2) is 5.57. The number of fused-ring (bicyclic) bond motifs is 1. The first kappa shape index (κ1) is 13.2. The molecule has 0 aromatic heterocycles. The van der Waals surface area contributed by atoms with Crippen molar-refractivity contribution in [2.75, 3.05) is 0 Å². The molecule has 2 aromatic carbocycles. The first-order valence-corrected chi connectivity index (χ1v) is 9.44. The highest BCUT2D eigenvalue weighted by atomic mass is 28.4. The lowest BCUT2D eigenvalue weighted by atomic mass is 10.1. The fourth-order valence-corrected chi connectivity index (χ4v) is 5.01. The Balaban J connectivity index is 2.31. The first-order chi connectivity index (χ1) is 8.73. The molecule has 2 rings (SSSR count). The van der Waals surface area contributed by atoms with E-state index in [0.717, 1.165) is 5.75 Å². The van der Waals surface area contributed by atoms with E-state index in [1.807, 2.05) is 0 Å². The minimum absolute atomic E-state index is 1.05. The SMILES string of the molecule is CC[Si](CC)(CC)Oc1ccc2ccccc2c1. The molecule has 0 saturated carbocycles. The maximum atomic E-state index is 6.40. The average molecular weight is 258 g/mol. The third-order valence-corrected chi connectivity index (χ3v) is 8.52. The minimum Gasteiger partial charge on any atom is -0.543 e. The van der Waals surface area contributed by atoms with Gasteiger partial charge in [0.15, 0.2) is 0 Å². The number of rotatable bonds is 5. The minimum atomic E-state index is -1.55. The van der Waals surface area contributed by atoms with Crippen LogP contribution in [0.2, 0.25) is 18.1 Å².